The summed E-state index contributed by atoms with van der Waals surface area (Å²) in [4.78, 5) is 17.4. The molecule has 272 valence electrons. The Labute approximate surface area is 332 Å². The molecule has 0 atom stereocenters. The molecule has 8 aromatic carbocycles. The zero-order chi connectivity index (χ0) is 38.2. The summed E-state index contributed by atoms with van der Waals surface area (Å²) in [5.74, 6) is 3.43. The number of nitrogens with zero attached hydrogens (tertiary/aromatic N) is 5. The van der Waals surface area contributed by atoms with E-state index in [2.05, 4.69) is 107 Å². The Bertz CT molecular complexity index is 3320. The molecule has 0 radical (unpaired) electrons. The molecule has 0 fully saturated rings. The maximum atomic E-state index is 6.65. The third-order valence-corrected chi connectivity index (χ3v) is 11.0. The van der Waals surface area contributed by atoms with Crippen molar-refractivity contribution in [1.29, 1.82) is 0 Å². The summed E-state index contributed by atoms with van der Waals surface area (Å²) in [5, 5.41) is 4.16. The van der Waals surface area contributed by atoms with Crippen molar-refractivity contribution in [2.24, 2.45) is 0 Å². The lowest BCUT2D eigenvalue weighted by Gasteiger charge is -2.33. The molecule has 58 heavy (non-hydrogen) atoms. The Balaban J connectivity index is 1.09. The molecule has 7 heteroatoms. The van der Waals surface area contributed by atoms with Gasteiger partial charge in [-0.05, 0) is 66.7 Å². The van der Waals surface area contributed by atoms with E-state index in [-0.39, 0.29) is 0 Å². The number of benzene rings is 8. The molecule has 0 bridgehead atoms. The molecule has 12 rings (SSSR count). The third kappa shape index (κ3) is 5.04. The smallest absolute Gasteiger partial charge is 0.164 e. The SMILES string of the molecule is c1ccc(-c2nc(-c3ccccc3)nc(-c3cccc4oc5ccc(-n6c7ccccc7c7cc8c(cc76)N(c6ccccc6)c6ccccc6O8)cc5c34)n2)cc1. The topological polar surface area (TPSA) is 69.2 Å². The van der Waals surface area contributed by atoms with Crippen molar-refractivity contribution in [2.75, 3.05) is 4.90 Å². The van der Waals surface area contributed by atoms with Crippen molar-refractivity contribution in [3.63, 3.8) is 0 Å². The van der Waals surface area contributed by atoms with E-state index in [4.69, 9.17) is 24.1 Å². The van der Waals surface area contributed by atoms with Crippen LogP contribution < -0.4 is 9.64 Å². The summed E-state index contributed by atoms with van der Waals surface area (Å²) < 4.78 is 15.6. The summed E-state index contributed by atoms with van der Waals surface area (Å²) >= 11 is 0. The average Bonchev–Trinajstić information content (AvgIpc) is 3.83. The number of fused-ring (bicyclic) bond motifs is 8. The van der Waals surface area contributed by atoms with Crippen molar-refractivity contribution < 1.29 is 9.15 Å². The van der Waals surface area contributed by atoms with E-state index in [1.54, 1.807) is 0 Å². The maximum Gasteiger partial charge on any atom is 0.164 e. The van der Waals surface area contributed by atoms with Gasteiger partial charge in [0.25, 0.3) is 0 Å². The van der Waals surface area contributed by atoms with Gasteiger partial charge in [0.1, 0.15) is 11.2 Å². The van der Waals surface area contributed by atoms with Crippen LogP contribution in [0.15, 0.2) is 192 Å². The van der Waals surface area contributed by atoms with Crippen LogP contribution in [-0.2, 0) is 0 Å². The quantitative estimate of drug-likeness (QED) is 0.175. The van der Waals surface area contributed by atoms with Crippen LogP contribution in [0.5, 0.6) is 11.5 Å². The Morgan fingerprint density at radius 2 is 1.07 bits per heavy atom. The Hall–Kier alpha value is -8.03. The second kappa shape index (κ2) is 12.8. The van der Waals surface area contributed by atoms with Crippen LogP contribution in [0, 0.1) is 0 Å². The molecule has 1 aliphatic rings. The van der Waals surface area contributed by atoms with Gasteiger partial charge in [0.15, 0.2) is 29.0 Å². The van der Waals surface area contributed by atoms with Crippen LogP contribution in [0.25, 0.3) is 83.6 Å². The molecular formula is C51H31N5O2. The summed E-state index contributed by atoms with van der Waals surface area (Å²) in [6.45, 7) is 0. The fourth-order valence-electron chi connectivity index (χ4n) is 8.42. The van der Waals surface area contributed by atoms with Gasteiger partial charge < -0.3 is 18.6 Å². The van der Waals surface area contributed by atoms with Gasteiger partial charge in [0.2, 0.25) is 0 Å². The van der Waals surface area contributed by atoms with E-state index in [1.807, 2.05) is 91.0 Å². The molecule has 3 aromatic heterocycles. The number of anilines is 3. The van der Waals surface area contributed by atoms with Crippen molar-refractivity contribution in [1.82, 2.24) is 19.5 Å². The van der Waals surface area contributed by atoms with Gasteiger partial charge in [-0.3, -0.25) is 0 Å². The number of furan rings is 1. The highest BCUT2D eigenvalue weighted by Gasteiger charge is 2.28. The minimum atomic E-state index is 0.580. The van der Waals surface area contributed by atoms with E-state index in [9.17, 15) is 0 Å². The summed E-state index contributed by atoms with van der Waals surface area (Å²) in [5.41, 5.74) is 10.4. The lowest BCUT2D eigenvalue weighted by Crippen LogP contribution is -2.15. The van der Waals surface area contributed by atoms with E-state index < -0.39 is 0 Å². The lowest BCUT2D eigenvalue weighted by atomic mass is 10.0. The van der Waals surface area contributed by atoms with Crippen LogP contribution in [0.4, 0.5) is 17.1 Å². The van der Waals surface area contributed by atoms with Gasteiger partial charge >= 0.3 is 0 Å². The Kier molecular flexibility index (Phi) is 7.09. The molecule has 7 nitrogen and oxygen atoms in total. The zero-order valence-electron chi connectivity index (χ0n) is 31.0. The van der Waals surface area contributed by atoms with Crippen molar-refractivity contribution in [2.45, 2.75) is 0 Å². The highest BCUT2D eigenvalue weighted by Crippen LogP contribution is 2.52. The number of hydrogen-bond donors (Lipinski definition) is 0. The number of para-hydroxylation sites is 4. The molecule has 0 N–H and O–H groups in total. The fraction of sp³-hybridized carbons (Fsp3) is 0. The van der Waals surface area contributed by atoms with Crippen molar-refractivity contribution >= 4 is 60.8 Å². The molecule has 0 saturated heterocycles. The number of rotatable bonds is 5. The Morgan fingerprint density at radius 3 is 1.84 bits per heavy atom. The summed E-state index contributed by atoms with van der Waals surface area (Å²) in [6, 6.07) is 64.3. The first-order chi connectivity index (χ1) is 28.7. The van der Waals surface area contributed by atoms with Crippen LogP contribution in [-0.4, -0.2) is 19.5 Å². The van der Waals surface area contributed by atoms with E-state index in [0.29, 0.717) is 17.5 Å². The monoisotopic (exact) mass is 745 g/mol. The van der Waals surface area contributed by atoms with E-state index >= 15 is 0 Å². The maximum absolute atomic E-state index is 6.65. The zero-order valence-corrected chi connectivity index (χ0v) is 31.0. The molecule has 1 aliphatic heterocycles. The van der Waals surface area contributed by atoms with Crippen molar-refractivity contribution in [3.05, 3.63) is 188 Å². The molecule has 4 heterocycles. The van der Waals surface area contributed by atoms with Crippen LogP contribution in [0.2, 0.25) is 0 Å². The van der Waals surface area contributed by atoms with Crippen LogP contribution in [0.1, 0.15) is 0 Å². The first-order valence-electron chi connectivity index (χ1n) is 19.3. The summed E-state index contributed by atoms with van der Waals surface area (Å²) in [6.07, 6.45) is 0. The number of ether oxygens (including phenoxy) is 1. The van der Waals surface area contributed by atoms with Crippen LogP contribution in [0.3, 0.4) is 0 Å². The van der Waals surface area contributed by atoms with Gasteiger partial charge in [-0.2, -0.15) is 0 Å². The van der Waals surface area contributed by atoms with Crippen LogP contribution >= 0.6 is 0 Å². The Morgan fingerprint density at radius 1 is 0.397 bits per heavy atom. The molecule has 0 amide bonds. The van der Waals surface area contributed by atoms with E-state index in [1.165, 1.54) is 0 Å². The first kappa shape index (κ1) is 32.2. The van der Waals surface area contributed by atoms with E-state index in [0.717, 1.165) is 94.7 Å². The highest BCUT2D eigenvalue weighted by molar-refractivity contribution is 6.14. The highest BCUT2D eigenvalue weighted by atomic mass is 16.5. The largest absolute Gasteiger partial charge is 0.456 e. The molecule has 0 spiro atoms. The number of hydrogen-bond acceptors (Lipinski definition) is 6. The normalized spacial score (nSPS) is 12.2. The average molecular weight is 746 g/mol. The summed E-state index contributed by atoms with van der Waals surface area (Å²) in [7, 11) is 0. The molecular weight excluding hydrogens is 715 g/mol. The van der Waals surface area contributed by atoms with Gasteiger partial charge in [0, 0.05) is 49.6 Å². The standard InChI is InChI=1S/C51H31N5O2/c1-4-15-32(16-5-1)49-52-50(33-17-6-2-7-18-33)54-51(53-49)37-22-14-26-46-48(37)39-29-35(27-28-44(39)57-46)56-40-23-11-10-21-36(40)38-30-47-43(31-42(38)56)55(34-19-8-3-9-20-34)41-24-12-13-25-45(41)58-47/h1-31H. The van der Waals surface area contributed by atoms with Gasteiger partial charge in [0.05, 0.1) is 22.4 Å². The third-order valence-electron chi connectivity index (χ3n) is 11.0. The molecule has 0 aliphatic carbocycles. The second-order valence-electron chi connectivity index (χ2n) is 14.4. The lowest BCUT2D eigenvalue weighted by molar-refractivity contribution is 0.478. The minimum Gasteiger partial charge on any atom is -0.456 e. The second-order valence-corrected chi connectivity index (χ2v) is 14.4. The predicted molar refractivity (Wildman–Crippen MR) is 233 cm³/mol. The minimum absolute atomic E-state index is 0.580. The first-order valence-corrected chi connectivity index (χ1v) is 19.3. The number of aromatic nitrogens is 4. The van der Waals surface area contributed by atoms with Gasteiger partial charge in [-0.15, -0.1) is 0 Å². The van der Waals surface area contributed by atoms with Crippen molar-refractivity contribution in [3.8, 4) is 51.3 Å². The predicted octanol–water partition coefficient (Wildman–Crippen LogP) is 13.4. The molecule has 0 unspecified atom stereocenters. The molecule has 11 aromatic rings. The fourth-order valence-corrected chi connectivity index (χ4v) is 8.42. The molecule has 0 saturated carbocycles. The van der Waals surface area contributed by atoms with Gasteiger partial charge in [-0.25, -0.2) is 15.0 Å². The van der Waals surface area contributed by atoms with Gasteiger partial charge in [-0.1, -0.05) is 121 Å².